The maximum atomic E-state index is 13.6. The molecule has 31 heavy (non-hydrogen) atoms. The van der Waals surface area contributed by atoms with Crippen molar-refractivity contribution >= 4 is 38.9 Å². The second-order valence-corrected chi connectivity index (χ2v) is 10.9. The van der Waals surface area contributed by atoms with E-state index in [4.69, 9.17) is 4.74 Å². The van der Waals surface area contributed by atoms with E-state index >= 15 is 0 Å². The number of methoxy groups -OCH3 is 1. The van der Waals surface area contributed by atoms with Gasteiger partial charge >= 0.3 is 0 Å². The zero-order chi connectivity index (χ0) is 22.0. The van der Waals surface area contributed by atoms with Crippen molar-refractivity contribution in [3.05, 3.63) is 41.8 Å². The Kier molecular flexibility index (Phi) is 6.45. The zero-order valence-corrected chi connectivity index (χ0v) is 19.0. The number of nitrogens with zero attached hydrogens (tertiary/aromatic N) is 2. The van der Waals surface area contributed by atoms with Gasteiger partial charge in [-0.1, -0.05) is 31.7 Å². The molecule has 1 atom stereocenters. The van der Waals surface area contributed by atoms with Crippen LogP contribution in [-0.4, -0.2) is 43.7 Å². The molecule has 2 amide bonds. The number of anilines is 1. The Labute approximate surface area is 186 Å². The summed E-state index contributed by atoms with van der Waals surface area (Å²) in [7, 11) is -2.36. The fourth-order valence-corrected chi connectivity index (χ4v) is 7.38. The molecule has 2 heterocycles. The largest absolute Gasteiger partial charge is 0.497 e. The standard InChI is InChI=1S/C22H26N2O5S2/c1-29-18-12-10-16(11-13-18)23-20(25)15-19(22(23)26)24(17-7-4-2-3-5-8-17)31(27,28)21-9-6-14-30-21/h6,9-14,17,19H,2-5,7-8,15H2,1H3. The van der Waals surface area contributed by atoms with Crippen molar-refractivity contribution < 1.29 is 22.7 Å². The van der Waals surface area contributed by atoms with Crippen LogP contribution in [0.4, 0.5) is 5.69 Å². The number of amides is 2. The third kappa shape index (κ3) is 4.26. The maximum Gasteiger partial charge on any atom is 0.253 e. The number of carbonyl (C=O) groups excluding carboxylic acids is 2. The first kappa shape index (κ1) is 22.0. The van der Waals surface area contributed by atoms with Gasteiger partial charge < -0.3 is 4.74 Å². The maximum absolute atomic E-state index is 13.6. The summed E-state index contributed by atoms with van der Waals surface area (Å²) >= 11 is 1.14. The van der Waals surface area contributed by atoms with Crippen LogP contribution >= 0.6 is 11.3 Å². The highest BCUT2D eigenvalue weighted by molar-refractivity contribution is 7.91. The molecule has 1 aromatic heterocycles. The highest BCUT2D eigenvalue weighted by Gasteiger charge is 2.49. The highest BCUT2D eigenvalue weighted by atomic mass is 32.2. The van der Waals surface area contributed by atoms with E-state index in [-0.39, 0.29) is 22.6 Å². The minimum absolute atomic E-state index is 0.147. The van der Waals surface area contributed by atoms with Gasteiger partial charge in [0, 0.05) is 6.04 Å². The van der Waals surface area contributed by atoms with Gasteiger partial charge in [0.1, 0.15) is 16.0 Å². The number of carbonyl (C=O) groups is 2. The molecule has 7 nitrogen and oxygen atoms in total. The van der Waals surface area contributed by atoms with Crippen LogP contribution < -0.4 is 9.64 Å². The van der Waals surface area contributed by atoms with Crippen LogP contribution in [-0.2, 0) is 19.6 Å². The number of sulfonamides is 1. The molecule has 166 valence electrons. The lowest BCUT2D eigenvalue weighted by Crippen LogP contribution is -2.50. The summed E-state index contributed by atoms with van der Waals surface area (Å²) in [4.78, 5) is 27.4. The molecule has 1 saturated carbocycles. The topological polar surface area (TPSA) is 84.0 Å². The first-order valence-electron chi connectivity index (χ1n) is 10.5. The fraction of sp³-hybridized carbons (Fsp3) is 0.455. The van der Waals surface area contributed by atoms with Crippen molar-refractivity contribution in [3.63, 3.8) is 0 Å². The summed E-state index contributed by atoms with van der Waals surface area (Å²) in [5, 5.41) is 1.71. The molecular formula is C22H26N2O5S2. The number of hydrogen-bond donors (Lipinski definition) is 0. The summed E-state index contributed by atoms with van der Waals surface area (Å²) in [6.07, 6.45) is 5.19. The van der Waals surface area contributed by atoms with Gasteiger partial charge in [-0.2, -0.15) is 4.31 Å². The molecule has 1 aromatic carbocycles. The van der Waals surface area contributed by atoms with E-state index < -0.39 is 22.0 Å². The molecule has 2 fully saturated rings. The van der Waals surface area contributed by atoms with Crippen LogP contribution in [0.15, 0.2) is 46.0 Å². The molecule has 1 unspecified atom stereocenters. The van der Waals surface area contributed by atoms with Crippen molar-refractivity contribution in [3.8, 4) is 5.75 Å². The lowest BCUT2D eigenvalue weighted by atomic mass is 10.1. The lowest BCUT2D eigenvalue weighted by molar-refractivity contribution is -0.122. The first-order chi connectivity index (χ1) is 14.9. The Balaban J connectivity index is 1.71. The Morgan fingerprint density at radius 2 is 1.71 bits per heavy atom. The molecule has 0 spiro atoms. The van der Waals surface area contributed by atoms with E-state index in [0.717, 1.165) is 41.9 Å². The molecule has 0 radical (unpaired) electrons. The van der Waals surface area contributed by atoms with Crippen molar-refractivity contribution in [1.29, 1.82) is 0 Å². The number of rotatable bonds is 6. The van der Waals surface area contributed by atoms with Crippen LogP contribution in [0.25, 0.3) is 0 Å². The van der Waals surface area contributed by atoms with Gasteiger partial charge in [-0.15, -0.1) is 11.3 Å². The zero-order valence-electron chi connectivity index (χ0n) is 17.4. The smallest absolute Gasteiger partial charge is 0.253 e. The minimum atomic E-state index is -3.90. The summed E-state index contributed by atoms with van der Waals surface area (Å²) in [6, 6.07) is 8.57. The van der Waals surface area contributed by atoms with Gasteiger partial charge in [0.25, 0.3) is 15.9 Å². The molecule has 1 aliphatic heterocycles. The van der Waals surface area contributed by atoms with E-state index in [2.05, 4.69) is 0 Å². The third-order valence-corrected chi connectivity index (χ3v) is 9.31. The average molecular weight is 463 g/mol. The predicted molar refractivity (Wildman–Crippen MR) is 119 cm³/mol. The van der Waals surface area contributed by atoms with Gasteiger partial charge in [0.15, 0.2) is 0 Å². The molecule has 2 aromatic rings. The molecular weight excluding hydrogens is 436 g/mol. The number of imide groups is 1. The predicted octanol–water partition coefficient (Wildman–Crippen LogP) is 3.80. The van der Waals surface area contributed by atoms with E-state index in [9.17, 15) is 18.0 Å². The number of ether oxygens (including phenoxy) is 1. The summed E-state index contributed by atoms with van der Waals surface area (Å²) in [5.74, 6) is -0.264. The van der Waals surface area contributed by atoms with Crippen LogP contribution in [0.3, 0.4) is 0 Å². The number of hydrogen-bond acceptors (Lipinski definition) is 6. The van der Waals surface area contributed by atoms with Crippen molar-refractivity contribution in [1.82, 2.24) is 4.31 Å². The summed E-state index contributed by atoms with van der Waals surface area (Å²) < 4.78 is 33.9. The molecule has 2 aliphatic rings. The second kappa shape index (κ2) is 9.10. The molecule has 0 bridgehead atoms. The van der Waals surface area contributed by atoms with Crippen LogP contribution in [0.2, 0.25) is 0 Å². The Hall–Kier alpha value is -2.23. The van der Waals surface area contributed by atoms with Gasteiger partial charge in [0.05, 0.1) is 19.2 Å². The van der Waals surface area contributed by atoms with Crippen LogP contribution in [0.5, 0.6) is 5.75 Å². The summed E-state index contributed by atoms with van der Waals surface area (Å²) in [5.41, 5.74) is 0.424. The van der Waals surface area contributed by atoms with Crippen molar-refractivity contribution in [2.24, 2.45) is 0 Å². The SMILES string of the molecule is COc1ccc(N2C(=O)CC(N(C3CCCCCC3)S(=O)(=O)c3cccs3)C2=O)cc1. The summed E-state index contributed by atoms with van der Waals surface area (Å²) in [6.45, 7) is 0. The van der Waals surface area contributed by atoms with Gasteiger partial charge in [0.2, 0.25) is 5.91 Å². The number of benzene rings is 1. The molecule has 0 N–H and O–H groups in total. The highest BCUT2D eigenvalue weighted by Crippen LogP contribution is 2.36. The fourth-order valence-electron chi connectivity index (χ4n) is 4.46. The Morgan fingerprint density at radius 1 is 1.03 bits per heavy atom. The van der Waals surface area contributed by atoms with E-state index in [1.807, 2.05) is 0 Å². The molecule has 4 rings (SSSR count). The number of thiophene rings is 1. The monoisotopic (exact) mass is 462 g/mol. The van der Waals surface area contributed by atoms with Crippen LogP contribution in [0, 0.1) is 0 Å². The van der Waals surface area contributed by atoms with Gasteiger partial charge in [-0.3, -0.25) is 9.59 Å². The average Bonchev–Trinajstić information content (AvgIpc) is 3.31. The lowest BCUT2D eigenvalue weighted by Gasteiger charge is -2.33. The molecule has 9 heteroatoms. The van der Waals surface area contributed by atoms with E-state index in [1.54, 1.807) is 41.8 Å². The van der Waals surface area contributed by atoms with Crippen molar-refractivity contribution in [2.45, 2.75) is 61.2 Å². The van der Waals surface area contributed by atoms with Gasteiger partial charge in [-0.25, -0.2) is 13.3 Å². The second-order valence-electron chi connectivity index (χ2n) is 7.90. The van der Waals surface area contributed by atoms with Crippen molar-refractivity contribution in [2.75, 3.05) is 12.0 Å². The minimum Gasteiger partial charge on any atom is -0.497 e. The van der Waals surface area contributed by atoms with E-state index in [1.165, 1.54) is 11.4 Å². The van der Waals surface area contributed by atoms with Gasteiger partial charge in [-0.05, 0) is 48.6 Å². The normalized spacial score (nSPS) is 21.0. The van der Waals surface area contributed by atoms with Crippen LogP contribution in [0.1, 0.15) is 44.9 Å². The van der Waals surface area contributed by atoms with E-state index in [0.29, 0.717) is 24.3 Å². The Bertz CT molecular complexity index is 1030. The third-order valence-electron chi connectivity index (χ3n) is 5.97. The first-order valence-corrected chi connectivity index (χ1v) is 12.8. The quantitative estimate of drug-likeness (QED) is 0.482. The molecule has 1 saturated heterocycles. The Morgan fingerprint density at radius 3 is 2.29 bits per heavy atom. The molecule has 1 aliphatic carbocycles.